The summed E-state index contributed by atoms with van der Waals surface area (Å²) in [6.07, 6.45) is 3.17. The Morgan fingerprint density at radius 2 is 1.62 bits per heavy atom. The summed E-state index contributed by atoms with van der Waals surface area (Å²) >= 11 is 0. The molecule has 1 saturated carbocycles. The molecule has 0 aromatic rings. The highest BCUT2D eigenvalue weighted by Crippen LogP contribution is 2.39. The second-order valence-electron chi connectivity index (χ2n) is 12.2. The number of amides is 3. The lowest BCUT2D eigenvalue weighted by Gasteiger charge is -2.27. The van der Waals surface area contributed by atoms with E-state index in [-0.39, 0.29) is 42.2 Å². The van der Waals surface area contributed by atoms with Crippen LogP contribution in [0.25, 0.3) is 0 Å². The number of nitrogens with one attached hydrogen (secondary N) is 3. The number of esters is 1. The number of nitrogens with zero attached hydrogens (tertiary/aromatic N) is 1. The average Bonchev–Trinajstić information content (AvgIpc) is 3.26. The quantitative estimate of drug-likeness (QED) is 0.0958. The van der Waals surface area contributed by atoms with Gasteiger partial charge in [0, 0.05) is 19.9 Å². The maximum atomic E-state index is 12.8. The molecule has 11 heteroatoms. The topological polar surface area (TPSA) is 144 Å². The predicted octanol–water partition coefficient (Wildman–Crippen LogP) is 4.72. The minimum absolute atomic E-state index is 0.0221. The van der Waals surface area contributed by atoms with Gasteiger partial charge in [0.2, 0.25) is 5.91 Å². The highest BCUT2D eigenvalue weighted by molar-refractivity contribution is 5.95. The van der Waals surface area contributed by atoms with Gasteiger partial charge in [-0.1, -0.05) is 33.6 Å². The molecule has 1 rings (SSSR count). The van der Waals surface area contributed by atoms with Gasteiger partial charge in [-0.25, -0.2) is 9.59 Å². The fourth-order valence-electron chi connectivity index (χ4n) is 4.54. The number of aliphatic imine (C=N–C) groups is 1. The molecule has 11 nitrogen and oxygen atoms in total. The highest BCUT2D eigenvalue weighted by Gasteiger charge is 2.41. The van der Waals surface area contributed by atoms with E-state index in [1.165, 1.54) is 6.92 Å². The molecule has 1 aliphatic rings. The molecular formula is C29H52N4O7. The van der Waals surface area contributed by atoms with Gasteiger partial charge in [0.15, 0.2) is 0 Å². The third-order valence-corrected chi connectivity index (χ3v) is 6.64. The van der Waals surface area contributed by atoms with Crippen molar-refractivity contribution in [3.63, 3.8) is 0 Å². The number of unbranched alkanes of at least 4 members (excludes halogenated alkanes) is 2. The van der Waals surface area contributed by atoms with Crippen molar-refractivity contribution in [2.45, 2.75) is 118 Å². The molecule has 40 heavy (non-hydrogen) atoms. The number of amidine groups is 1. The Kier molecular flexibility index (Phi) is 14.4. The molecule has 1 unspecified atom stereocenters. The number of carbonyl (C=O) groups is 4. The van der Waals surface area contributed by atoms with Crippen molar-refractivity contribution in [2.75, 3.05) is 19.7 Å². The van der Waals surface area contributed by atoms with Crippen LogP contribution in [0, 0.1) is 17.8 Å². The zero-order valence-corrected chi connectivity index (χ0v) is 26.0. The summed E-state index contributed by atoms with van der Waals surface area (Å²) in [5.41, 5.74) is -1.64. The second-order valence-corrected chi connectivity index (χ2v) is 12.2. The molecule has 4 atom stereocenters. The van der Waals surface area contributed by atoms with Gasteiger partial charge in [-0.3, -0.25) is 19.9 Å². The van der Waals surface area contributed by atoms with Crippen LogP contribution in [0.15, 0.2) is 4.99 Å². The van der Waals surface area contributed by atoms with E-state index in [1.807, 2.05) is 13.8 Å². The van der Waals surface area contributed by atoms with Crippen molar-refractivity contribution in [3.05, 3.63) is 0 Å². The first-order valence-electron chi connectivity index (χ1n) is 14.5. The van der Waals surface area contributed by atoms with Crippen LogP contribution in [0.2, 0.25) is 0 Å². The second kappa shape index (κ2) is 16.4. The van der Waals surface area contributed by atoms with Crippen molar-refractivity contribution in [1.29, 1.82) is 0 Å². The maximum Gasteiger partial charge on any atom is 0.413 e. The normalized spacial score (nSPS) is 20.3. The fraction of sp³-hybridized carbons (Fsp3) is 0.828. The van der Waals surface area contributed by atoms with Gasteiger partial charge in [-0.05, 0) is 65.7 Å². The van der Waals surface area contributed by atoms with E-state index < -0.39 is 23.4 Å². The predicted molar refractivity (Wildman–Crippen MR) is 154 cm³/mol. The Hall–Kier alpha value is -2.85. The van der Waals surface area contributed by atoms with Crippen LogP contribution in [-0.4, -0.2) is 66.8 Å². The van der Waals surface area contributed by atoms with Gasteiger partial charge in [0.05, 0.1) is 25.1 Å². The first kappa shape index (κ1) is 35.2. The Balaban J connectivity index is 2.89. The molecule has 0 aliphatic heterocycles. The van der Waals surface area contributed by atoms with Gasteiger partial charge in [0.1, 0.15) is 17.0 Å². The number of ether oxygens (including phenoxy) is 3. The molecule has 1 aliphatic carbocycles. The maximum absolute atomic E-state index is 12.8. The summed E-state index contributed by atoms with van der Waals surface area (Å²) in [5, 5.41) is 8.21. The lowest BCUT2D eigenvalue weighted by atomic mass is 9.89. The molecule has 230 valence electrons. The monoisotopic (exact) mass is 568 g/mol. The summed E-state index contributed by atoms with van der Waals surface area (Å²) in [6.45, 7) is 17.1. The lowest BCUT2D eigenvalue weighted by molar-refractivity contribution is -0.148. The number of rotatable bonds is 13. The first-order valence-corrected chi connectivity index (χ1v) is 14.5. The van der Waals surface area contributed by atoms with Crippen LogP contribution in [0.5, 0.6) is 0 Å². The van der Waals surface area contributed by atoms with Gasteiger partial charge < -0.3 is 24.8 Å². The molecule has 0 spiro atoms. The summed E-state index contributed by atoms with van der Waals surface area (Å²) in [5.74, 6) is -0.0793. The van der Waals surface area contributed by atoms with Crippen LogP contribution in [0.4, 0.5) is 9.59 Å². The van der Waals surface area contributed by atoms with Gasteiger partial charge in [-0.2, -0.15) is 0 Å². The van der Waals surface area contributed by atoms with Crippen LogP contribution < -0.4 is 16.0 Å². The molecule has 3 N–H and O–H groups in total. The van der Waals surface area contributed by atoms with E-state index >= 15 is 0 Å². The summed E-state index contributed by atoms with van der Waals surface area (Å²) < 4.78 is 16.3. The summed E-state index contributed by atoms with van der Waals surface area (Å²) in [6, 6.07) is -0.228. The van der Waals surface area contributed by atoms with Crippen LogP contribution in [0.1, 0.15) is 101 Å². The average molecular weight is 569 g/mol. The third-order valence-electron chi connectivity index (χ3n) is 6.64. The number of alkyl carbamates (subject to hydrolysis) is 2. The highest BCUT2D eigenvalue weighted by atomic mass is 16.6. The van der Waals surface area contributed by atoms with E-state index in [0.29, 0.717) is 38.2 Å². The minimum Gasteiger partial charge on any atom is -0.465 e. The molecule has 3 amide bonds. The van der Waals surface area contributed by atoms with Crippen molar-refractivity contribution in [3.8, 4) is 0 Å². The van der Waals surface area contributed by atoms with Crippen molar-refractivity contribution >= 4 is 29.9 Å². The third kappa shape index (κ3) is 14.0. The molecular weight excluding hydrogens is 516 g/mol. The van der Waals surface area contributed by atoms with Gasteiger partial charge in [-0.15, -0.1) is 0 Å². The SMILES string of the molecule is CCCCCOC(=O)[C@@H]1C[C@H](C(C)CNC(C)=O)[C@H](N=C(CC)NC(=O)OC(C)(C)CNC(=O)OC(C)(C)C)C1. The largest absolute Gasteiger partial charge is 0.465 e. The summed E-state index contributed by atoms with van der Waals surface area (Å²) in [7, 11) is 0. The van der Waals surface area contributed by atoms with Gasteiger partial charge >= 0.3 is 18.2 Å². The Bertz CT molecular complexity index is 882. The van der Waals surface area contributed by atoms with Crippen molar-refractivity contribution < 1.29 is 33.4 Å². The zero-order chi connectivity index (χ0) is 30.5. The summed E-state index contributed by atoms with van der Waals surface area (Å²) in [4.78, 5) is 53.8. The smallest absolute Gasteiger partial charge is 0.413 e. The van der Waals surface area contributed by atoms with E-state index in [9.17, 15) is 19.2 Å². The van der Waals surface area contributed by atoms with Crippen LogP contribution in [0.3, 0.4) is 0 Å². The zero-order valence-electron chi connectivity index (χ0n) is 26.0. The number of carbonyl (C=O) groups excluding carboxylic acids is 4. The standard InChI is InChI=1S/C29H52N4O7/c1-10-12-13-14-38-25(35)21-15-22(19(3)17-30-20(4)34)23(16-21)32-24(11-2)33-27(37)40-29(8,9)18-31-26(36)39-28(5,6)7/h19,21-23H,10-18H2,1-9H3,(H,30,34)(H,31,36)(H,32,33,37)/t19?,21-,22-,23-/m1/s1. The molecule has 1 fully saturated rings. The van der Waals surface area contributed by atoms with E-state index in [4.69, 9.17) is 19.2 Å². The Morgan fingerprint density at radius 3 is 2.20 bits per heavy atom. The van der Waals surface area contributed by atoms with Crippen molar-refractivity contribution in [2.24, 2.45) is 22.7 Å². The fourth-order valence-corrected chi connectivity index (χ4v) is 4.54. The molecule has 0 heterocycles. The molecule has 0 saturated heterocycles. The van der Waals surface area contributed by atoms with Gasteiger partial charge in [0.25, 0.3) is 0 Å². The molecule has 0 aromatic carbocycles. The Morgan fingerprint density at radius 1 is 0.950 bits per heavy atom. The van der Waals surface area contributed by atoms with E-state index in [2.05, 4.69) is 22.9 Å². The number of hydrogen-bond acceptors (Lipinski definition) is 8. The van der Waals surface area contributed by atoms with Crippen molar-refractivity contribution in [1.82, 2.24) is 16.0 Å². The van der Waals surface area contributed by atoms with E-state index in [1.54, 1.807) is 34.6 Å². The van der Waals surface area contributed by atoms with Crippen LogP contribution >= 0.6 is 0 Å². The minimum atomic E-state index is -1.00. The molecule has 0 aromatic heterocycles. The number of hydrogen-bond donors (Lipinski definition) is 3. The molecule has 0 radical (unpaired) electrons. The lowest BCUT2D eigenvalue weighted by Crippen LogP contribution is -2.46. The molecule has 0 bridgehead atoms. The Labute approximate surface area is 239 Å². The van der Waals surface area contributed by atoms with E-state index in [0.717, 1.165) is 19.3 Å². The van der Waals surface area contributed by atoms with Crippen LogP contribution in [-0.2, 0) is 23.8 Å². The first-order chi connectivity index (χ1) is 18.6.